The smallest absolute Gasteiger partial charge is 0.553 e. The Labute approximate surface area is 238 Å². The van der Waals surface area contributed by atoms with Crippen LogP contribution in [0, 0.1) is 57.3 Å². The summed E-state index contributed by atoms with van der Waals surface area (Å²) in [6.45, 7) is 6.38. The van der Waals surface area contributed by atoms with E-state index in [9.17, 15) is 14.7 Å². The van der Waals surface area contributed by atoms with Gasteiger partial charge in [0.1, 0.15) is 5.60 Å². The molecule has 2 saturated heterocycles. The van der Waals surface area contributed by atoms with Crippen molar-refractivity contribution in [1.82, 2.24) is 9.80 Å². The van der Waals surface area contributed by atoms with Gasteiger partial charge < -0.3 is 30.9 Å². The summed E-state index contributed by atoms with van der Waals surface area (Å²) in [5.41, 5.74) is -0.546. The van der Waals surface area contributed by atoms with E-state index < -0.39 is 17.5 Å². The Morgan fingerprint density at radius 3 is 2.30 bits per heavy atom. The van der Waals surface area contributed by atoms with Crippen LogP contribution in [0.1, 0.15) is 27.2 Å². The predicted octanol–water partition coefficient (Wildman–Crippen LogP) is -3.12. The van der Waals surface area contributed by atoms with Crippen molar-refractivity contribution >= 4 is 12.1 Å². The summed E-state index contributed by atoms with van der Waals surface area (Å²) in [7, 11) is 1.91. The molecule has 2 fully saturated rings. The molecule has 2 aliphatic heterocycles. The first-order valence-electron chi connectivity index (χ1n) is 6.93. The van der Waals surface area contributed by atoms with E-state index in [0.717, 1.165) is 0 Å². The van der Waals surface area contributed by atoms with Crippen molar-refractivity contribution in [3.8, 4) is 0 Å². The number of fused-ring (bicyclic) bond motifs is 2. The number of hydrogen-bond donors (Lipinski definition) is 0. The zero-order valence-electron chi connectivity index (χ0n) is 14.6. The first-order valence-corrected chi connectivity index (χ1v) is 6.93. The predicted molar refractivity (Wildman–Crippen MR) is 70.6 cm³/mol. The van der Waals surface area contributed by atoms with Gasteiger partial charge in [0.2, 0.25) is 0 Å². The molecule has 0 aliphatic carbocycles. The second-order valence-electron chi connectivity index (χ2n) is 6.59. The van der Waals surface area contributed by atoms with Crippen molar-refractivity contribution in [3.05, 3.63) is 6.42 Å². The Hall–Kier alpha value is 2.66. The molecule has 2 bridgehead atoms. The molecule has 1 amide bonds. The van der Waals surface area contributed by atoms with E-state index in [2.05, 4.69) is 0 Å². The summed E-state index contributed by atoms with van der Waals surface area (Å²) in [6.07, 6.45) is 2.07. The fourth-order valence-corrected chi connectivity index (χ4v) is 2.88. The molecule has 2 heterocycles. The van der Waals surface area contributed by atoms with Crippen molar-refractivity contribution in [1.29, 1.82) is 0 Å². The van der Waals surface area contributed by atoms with Gasteiger partial charge in [-0.25, -0.2) is 4.79 Å². The zero-order valence-corrected chi connectivity index (χ0v) is 28.2. The molecule has 0 aromatic heterocycles. The minimum Gasteiger partial charge on any atom is -0.553 e. The third-order valence-corrected chi connectivity index (χ3v) is 3.94. The molecule has 6 nitrogen and oxygen atoms in total. The number of hydrogen-bond acceptors (Lipinski definition) is 5. The molecule has 0 N–H and O–H groups in total. The molecule has 2 radical (unpaired) electrons. The van der Waals surface area contributed by atoms with Crippen LogP contribution < -0.4 is 63.3 Å². The number of nitrogens with zero attached hydrogens (tertiary/aromatic N) is 2. The van der Waals surface area contributed by atoms with E-state index >= 15 is 0 Å². The van der Waals surface area contributed by atoms with Gasteiger partial charge in [-0.15, -0.1) is 5.92 Å². The SMILES string of the molecule is CN1C2C[CH-]C(C(=O)[O-])C1CN(C(=O)OC(C)(C)C)C2.[Ra].[Rb+].[W]. The summed E-state index contributed by atoms with van der Waals surface area (Å²) in [5.74, 6) is -1.71. The number of carbonyl (C=O) groups excluding carboxylic acids is 2. The van der Waals surface area contributed by atoms with Crippen LogP contribution in [0.5, 0.6) is 0 Å². The standard InChI is InChI=1S/C14H23N2O4.Ra.Rb.W/c1-14(2,3)20-13(19)16-7-9-5-6-10(12(17)18)11(8-16)15(9)4;;;/h6,9-11H,5,7-8H2,1-4H3,(H,17,18);;;/q-1;;+1;/p-1. The number of likely N-dealkylation sites (N-methyl/N-ethyl adjacent to an activating group) is 1. The third kappa shape index (κ3) is 7.66. The maximum atomic E-state index is 12.1. The van der Waals surface area contributed by atoms with Crippen LogP contribution in [0.3, 0.4) is 0 Å². The van der Waals surface area contributed by atoms with Crippen molar-refractivity contribution in [3.63, 3.8) is 0 Å². The van der Waals surface area contributed by atoms with Gasteiger partial charge in [0, 0.05) is 97.2 Å². The largest absolute Gasteiger partial charge is 1.00 e. The van der Waals surface area contributed by atoms with Crippen molar-refractivity contribution in [2.75, 3.05) is 20.1 Å². The number of amides is 1. The number of aliphatic carboxylic acids is 1. The van der Waals surface area contributed by atoms with E-state index in [4.69, 9.17) is 4.74 Å². The average molecular weight is 778 g/mol. The fraction of sp³-hybridized carbons (Fsp3) is 0.786. The van der Waals surface area contributed by atoms with Crippen LogP contribution in [0.15, 0.2) is 0 Å². The van der Waals surface area contributed by atoms with Gasteiger partial charge >= 0.3 is 64.3 Å². The third-order valence-electron chi connectivity index (χ3n) is 3.94. The van der Waals surface area contributed by atoms with Crippen molar-refractivity contribution in [2.24, 2.45) is 5.92 Å². The van der Waals surface area contributed by atoms with Crippen LogP contribution in [0.2, 0.25) is 0 Å². The minimum absolute atomic E-state index is 0. The molecule has 3 atom stereocenters. The number of piperazine rings is 1. The number of carboxylic acids is 1. The maximum absolute atomic E-state index is 12.1. The zero-order chi connectivity index (χ0) is 15.1. The first kappa shape index (κ1) is 27.9. The minimum atomic E-state index is -1.08. The van der Waals surface area contributed by atoms with Crippen molar-refractivity contribution < 1.29 is 144 Å². The molecule has 2 rings (SSSR count). The number of ether oxygens (including phenoxy) is 1. The van der Waals surface area contributed by atoms with Crippen LogP contribution in [0.4, 0.5) is 4.79 Å². The Balaban J connectivity index is 0. The van der Waals surface area contributed by atoms with Gasteiger partial charge in [0.25, 0.3) is 0 Å². The molecule has 0 aromatic rings. The first-order chi connectivity index (χ1) is 9.19. The van der Waals surface area contributed by atoms with Crippen LogP contribution >= 0.6 is 0 Å². The van der Waals surface area contributed by atoms with Gasteiger partial charge in [-0.3, -0.25) is 0 Å². The van der Waals surface area contributed by atoms with Gasteiger partial charge in [0.05, 0.1) is 0 Å². The molecule has 122 valence electrons. The summed E-state index contributed by atoms with van der Waals surface area (Å²) >= 11 is 0. The number of piperidine rings is 1. The van der Waals surface area contributed by atoms with E-state index in [1.54, 1.807) is 11.3 Å². The summed E-state index contributed by atoms with van der Waals surface area (Å²) < 4.78 is 5.37. The number of carboxylic acid groups (broad SMARTS) is 1. The molecule has 3 unspecified atom stereocenters. The summed E-state index contributed by atoms with van der Waals surface area (Å²) in [4.78, 5) is 27.0. The Morgan fingerprint density at radius 2 is 1.83 bits per heavy atom. The van der Waals surface area contributed by atoms with Crippen molar-refractivity contribution in [2.45, 2.75) is 44.9 Å². The normalized spacial score (nSPS) is 27.0. The summed E-state index contributed by atoms with van der Waals surface area (Å²) in [6, 6.07) is -0.0862. The molecule has 0 saturated carbocycles. The van der Waals surface area contributed by atoms with Crippen LogP contribution in [0.25, 0.3) is 0 Å². The molecule has 23 heavy (non-hydrogen) atoms. The van der Waals surface area contributed by atoms with E-state index in [0.29, 0.717) is 19.5 Å². The molecular weight excluding hydrogens is 755 g/mol. The second-order valence-corrected chi connectivity index (χ2v) is 6.59. The van der Waals surface area contributed by atoms with Gasteiger partial charge in [0.15, 0.2) is 0 Å². The Bertz CT molecular complexity index is 422. The Morgan fingerprint density at radius 1 is 1.26 bits per heavy atom. The monoisotopic (exact) mass is 777 g/mol. The van der Waals surface area contributed by atoms with Gasteiger partial charge in [-0.05, 0) is 27.8 Å². The molecule has 2 aliphatic rings. The van der Waals surface area contributed by atoms with Crippen LogP contribution in [-0.2, 0) is 30.6 Å². The molecule has 0 aromatic carbocycles. The van der Waals surface area contributed by atoms with E-state index in [1.165, 1.54) is 0 Å². The summed E-state index contributed by atoms with van der Waals surface area (Å²) in [5, 5.41) is 11.2. The number of rotatable bonds is 1. The van der Waals surface area contributed by atoms with E-state index in [-0.39, 0.29) is 142 Å². The average Bonchev–Trinajstić information content (AvgIpc) is 2.25. The van der Waals surface area contributed by atoms with E-state index in [1.807, 2.05) is 32.7 Å². The van der Waals surface area contributed by atoms with Crippen LogP contribution in [-0.4, -0.2) is 59.7 Å². The Kier molecular flexibility index (Phi) is 13.9. The number of likely N-dealkylation sites (tertiary alicyclic amines) is 1. The van der Waals surface area contributed by atoms with Gasteiger partial charge in [-0.1, -0.05) is 0 Å². The maximum Gasteiger partial charge on any atom is 1.00 e. The topological polar surface area (TPSA) is 72.9 Å². The quantitative estimate of drug-likeness (QED) is 0.264. The second kappa shape index (κ2) is 11.5. The molecule has 0 spiro atoms. The fourth-order valence-electron chi connectivity index (χ4n) is 2.88. The number of carbonyl (C=O) groups is 2. The molecule has 9 heteroatoms. The van der Waals surface area contributed by atoms with Gasteiger partial charge in [-0.2, -0.15) is 6.42 Å². The molecular formula is C14H22N2O4RaRbW-.